The first-order chi connectivity index (χ1) is 5.86. The van der Waals surface area contributed by atoms with E-state index in [0.29, 0.717) is 0 Å². The second-order valence-electron chi connectivity index (χ2n) is 2.75. The van der Waals surface area contributed by atoms with E-state index in [1.807, 2.05) is 30.3 Å². The minimum atomic E-state index is 0. The van der Waals surface area contributed by atoms with Gasteiger partial charge in [-0.2, -0.15) is 0 Å². The van der Waals surface area contributed by atoms with Gasteiger partial charge in [0.2, 0.25) is 0 Å². The molecule has 0 heterocycles. The maximum Gasteiger partial charge on any atom is 1.00 e. The number of aryl methyl sites for hydroxylation is 1. The predicted octanol–water partition coefficient (Wildman–Crippen LogP) is -1.37. The van der Waals surface area contributed by atoms with Crippen molar-refractivity contribution in [1.82, 2.24) is 0 Å². The molecule has 1 nitrogen and oxygen atoms in total. The van der Waals surface area contributed by atoms with Crippen molar-refractivity contribution in [2.24, 2.45) is 0 Å². The summed E-state index contributed by atoms with van der Waals surface area (Å²) >= 11 is 0. The molecule has 0 N–H and O–H groups in total. The van der Waals surface area contributed by atoms with Gasteiger partial charge in [-0.15, -0.1) is 6.61 Å². The van der Waals surface area contributed by atoms with Gasteiger partial charge in [-0.1, -0.05) is 43.3 Å². The minimum Gasteiger partial charge on any atom is -0.854 e. The Kier molecular flexibility index (Phi) is 8.25. The number of hydrogen-bond acceptors (Lipinski definition) is 1. The van der Waals surface area contributed by atoms with E-state index in [9.17, 15) is 5.11 Å². The third-order valence-corrected chi connectivity index (χ3v) is 1.83. The van der Waals surface area contributed by atoms with Gasteiger partial charge in [0.25, 0.3) is 0 Å². The van der Waals surface area contributed by atoms with E-state index in [1.54, 1.807) is 0 Å². The van der Waals surface area contributed by atoms with Gasteiger partial charge in [0, 0.05) is 0 Å². The van der Waals surface area contributed by atoms with Crippen LogP contribution < -0.4 is 56.5 Å². The third kappa shape index (κ3) is 5.10. The third-order valence-electron chi connectivity index (χ3n) is 1.83. The Labute approximate surface area is 122 Å². The molecular weight excluding hydrogens is 187 g/mol. The summed E-state index contributed by atoms with van der Waals surface area (Å²) in [4.78, 5) is 0. The van der Waals surface area contributed by atoms with Gasteiger partial charge in [-0.3, -0.25) is 0 Å². The molecule has 1 aromatic carbocycles. The summed E-state index contributed by atoms with van der Waals surface area (Å²) in [6, 6.07) is 8.14. The SMILES string of the molecule is C=Cc1ccc(CCC[O-])cc1.[K+]. The second-order valence-corrected chi connectivity index (χ2v) is 2.75. The molecule has 13 heavy (non-hydrogen) atoms. The normalized spacial score (nSPS) is 9.00. The van der Waals surface area contributed by atoms with Crippen LogP contribution in [0, 0.1) is 0 Å². The summed E-state index contributed by atoms with van der Waals surface area (Å²) in [5, 5.41) is 10.2. The molecule has 0 radical (unpaired) electrons. The first kappa shape index (κ1) is 13.6. The fourth-order valence-corrected chi connectivity index (χ4v) is 1.10. The second kappa shape index (κ2) is 7.91. The van der Waals surface area contributed by atoms with Crippen LogP contribution in [0.2, 0.25) is 0 Å². The standard InChI is InChI=1S/C11H13O.K/c1-2-10-5-7-11(8-6-10)4-3-9-12;/h2,5-8H,1,3-4,9H2;/q-1;+1. The molecule has 0 fully saturated rings. The summed E-state index contributed by atoms with van der Waals surface area (Å²) in [5.74, 6) is 0. The molecule has 0 spiro atoms. The molecule has 0 unspecified atom stereocenters. The van der Waals surface area contributed by atoms with Crippen molar-refractivity contribution in [2.75, 3.05) is 6.61 Å². The average molecular weight is 200 g/mol. The fourth-order valence-electron chi connectivity index (χ4n) is 1.10. The molecule has 0 amide bonds. The summed E-state index contributed by atoms with van der Waals surface area (Å²) in [6.07, 6.45) is 3.44. The Morgan fingerprint density at radius 2 is 1.85 bits per heavy atom. The molecule has 0 aliphatic heterocycles. The smallest absolute Gasteiger partial charge is 0.854 e. The summed E-state index contributed by atoms with van der Waals surface area (Å²) in [6.45, 7) is 3.69. The van der Waals surface area contributed by atoms with Crippen LogP contribution in [0.5, 0.6) is 0 Å². The van der Waals surface area contributed by atoms with E-state index in [-0.39, 0.29) is 58.0 Å². The monoisotopic (exact) mass is 200 g/mol. The number of benzene rings is 1. The molecule has 64 valence electrons. The van der Waals surface area contributed by atoms with Crippen molar-refractivity contribution in [3.05, 3.63) is 42.0 Å². The Morgan fingerprint density at radius 3 is 2.31 bits per heavy atom. The molecule has 0 aromatic heterocycles. The van der Waals surface area contributed by atoms with Crippen molar-refractivity contribution in [3.63, 3.8) is 0 Å². The van der Waals surface area contributed by atoms with Gasteiger partial charge in [-0.05, 0) is 17.5 Å². The Morgan fingerprint density at radius 1 is 1.23 bits per heavy atom. The van der Waals surface area contributed by atoms with Crippen molar-refractivity contribution >= 4 is 6.08 Å². The quantitative estimate of drug-likeness (QED) is 0.550. The Balaban J connectivity index is 0.00000144. The molecule has 0 saturated heterocycles. The van der Waals surface area contributed by atoms with E-state index in [1.165, 1.54) is 5.56 Å². The molecule has 0 bridgehead atoms. The average Bonchev–Trinajstić information content (AvgIpc) is 2.15. The van der Waals surface area contributed by atoms with Crippen LogP contribution in [-0.4, -0.2) is 6.61 Å². The van der Waals surface area contributed by atoms with Gasteiger partial charge >= 0.3 is 51.4 Å². The maximum atomic E-state index is 10.2. The predicted molar refractivity (Wildman–Crippen MR) is 49.7 cm³/mol. The first-order valence-corrected chi connectivity index (χ1v) is 4.16. The zero-order valence-corrected chi connectivity index (χ0v) is 11.2. The van der Waals surface area contributed by atoms with Crippen molar-refractivity contribution in [2.45, 2.75) is 12.8 Å². The van der Waals surface area contributed by atoms with E-state index in [0.717, 1.165) is 18.4 Å². The molecule has 0 aliphatic carbocycles. The van der Waals surface area contributed by atoms with Crippen LogP contribution in [0.15, 0.2) is 30.8 Å². The largest absolute Gasteiger partial charge is 1.00 e. The van der Waals surface area contributed by atoms with E-state index in [4.69, 9.17) is 0 Å². The van der Waals surface area contributed by atoms with Crippen molar-refractivity contribution < 1.29 is 56.5 Å². The summed E-state index contributed by atoms with van der Waals surface area (Å²) < 4.78 is 0. The van der Waals surface area contributed by atoms with Crippen LogP contribution >= 0.6 is 0 Å². The Hall–Kier alpha value is 0.556. The first-order valence-electron chi connectivity index (χ1n) is 4.16. The number of hydrogen-bond donors (Lipinski definition) is 0. The van der Waals surface area contributed by atoms with Crippen LogP contribution in [-0.2, 0) is 6.42 Å². The summed E-state index contributed by atoms with van der Waals surface area (Å²) in [7, 11) is 0. The molecule has 0 aliphatic rings. The summed E-state index contributed by atoms with van der Waals surface area (Å²) in [5.41, 5.74) is 2.36. The molecule has 2 heteroatoms. The zero-order chi connectivity index (χ0) is 8.81. The van der Waals surface area contributed by atoms with Gasteiger partial charge in [0.1, 0.15) is 0 Å². The van der Waals surface area contributed by atoms with Crippen LogP contribution in [0.3, 0.4) is 0 Å². The molecule has 1 rings (SSSR count). The van der Waals surface area contributed by atoms with Crippen LogP contribution in [0.1, 0.15) is 17.5 Å². The van der Waals surface area contributed by atoms with E-state index < -0.39 is 0 Å². The van der Waals surface area contributed by atoms with E-state index >= 15 is 0 Å². The topological polar surface area (TPSA) is 23.1 Å². The van der Waals surface area contributed by atoms with Gasteiger partial charge in [-0.25, -0.2) is 0 Å². The van der Waals surface area contributed by atoms with Crippen molar-refractivity contribution in [1.29, 1.82) is 0 Å². The van der Waals surface area contributed by atoms with Crippen molar-refractivity contribution in [3.8, 4) is 0 Å². The molecule has 1 aromatic rings. The molecule has 0 saturated carbocycles. The van der Waals surface area contributed by atoms with Gasteiger partial charge in [0.15, 0.2) is 0 Å². The van der Waals surface area contributed by atoms with Gasteiger partial charge < -0.3 is 5.11 Å². The Bertz CT molecular complexity index is 241. The van der Waals surface area contributed by atoms with Crippen LogP contribution in [0.4, 0.5) is 0 Å². The zero-order valence-electron chi connectivity index (χ0n) is 8.12. The molecule has 0 atom stereocenters. The van der Waals surface area contributed by atoms with Crippen LogP contribution in [0.25, 0.3) is 6.08 Å². The van der Waals surface area contributed by atoms with E-state index in [2.05, 4.69) is 6.58 Å². The number of rotatable bonds is 4. The fraction of sp³-hybridized carbons (Fsp3) is 0.273. The van der Waals surface area contributed by atoms with Gasteiger partial charge in [0.05, 0.1) is 0 Å². The maximum absolute atomic E-state index is 10.2. The minimum absolute atomic E-state index is 0. The molecular formula is C11H13KO.